The van der Waals surface area contributed by atoms with Crippen molar-refractivity contribution in [2.75, 3.05) is 7.11 Å². The molecule has 7 aromatic heterocycles. The maximum Gasteiger partial charge on any atom is 0.268 e. The number of ether oxygens (including phenoxy) is 1. The molecule has 0 amide bonds. The molecule has 108 heavy (non-hydrogen) atoms. The highest BCUT2D eigenvalue weighted by Gasteiger charge is 2.34. The topological polar surface area (TPSA) is 286 Å². The Balaban J connectivity index is 0.000000159. The smallest absolute Gasteiger partial charge is 0.268 e. The fourth-order valence-electron chi connectivity index (χ4n) is 7.76. The Morgan fingerprint density at radius 2 is 0.676 bits per heavy atom. The average molecular weight is 2000 g/mol. The van der Waals surface area contributed by atoms with E-state index in [0.717, 1.165) is 44.7 Å². The highest BCUT2D eigenvalue weighted by molar-refractivity contribution is 9.38. The van der Waals surface area contributed by atoms with Gasteiger partial charge in [-0.2, -0.15) is 0 Å². The first-order valence-electron chi connectivity index (χ1n) is 29.6. The molecule has 41 heteroatoms. The molecule has 23 nitrogen and oxygen atoms in total. The van der Waals surface area contributed by atoms with Crippen molar-refractivity contribution in [1.82, 2.24) is 71.4 Å². The Kier molecular flexibility index (Phi) is 33.0. The first-order valence-corrected chi connectivity index (χ1v) is 38.6. The second-order valence-electron chi connectivity index (χ2n) is 20.7. The lowest BCUT2D eigenvalue weighted by atomic mass is 10.1. The summed E-state index contributed by atoms with van der Waals surface area (Å²) in [7, 11) is 1.59. The van der Waals surface area contributed by atoms with Crippen LogP contribution in [0.2, 0.25) is 0 Å². The minimum atomic E-state index is -1.73. The molecule has 0 radical (unpaired) electrons. The van der Waals surface area contributed by atoms with E-state index in [2.05, 4.69) is 140 Å². The number of methoxy groups -OCH3 is 1. The van der Waals surface area contributed by atoms with Crippen molar-refractivity contribution in [1.29, 1.82) is 0 Å². The molecule has 0 saturated heterocycles. The van der Waals surface area contributed by atoms with E-state index < -0.39 is 22.1 Å². The van der Waals surface area contributed by atoms with Crippen LogP contribution in [-0.2, 0) is 22.6 Å². The van der Waals surface area contributed by atoms with Gasteiger partial charge in [-0.3, -0.25) is 0 Å². The third kappa shape index (κ3) is 27.3. The molecule has 0 aliphatic carbocycles. The number of nitrogens with zero attached hydrogens (tertiary/aromatic N) is 15. The Bertz CT molecular complexity index is 5110. The molecule has 0 fully saturated rings. The summed E-state index contributed by atoms with van der Waals surface area (Å²) < 4.78 is 34.6. The van der Waals surface area contributed by atoms with E-state index in [9.17, 15) is 0 Å². The van der Waals surface area contributed by atoms with Gasteiger partial charge in [0.15, 0.2) is 10.5 Å². The molecule has 0 spiro atoms. The number of benzene rings is 7. The average Bonchev–Trinajstić information content (AvgIpc) is 1.74. The predicted octanol–water partition coefficient (Wildman–Crippen LogP) is 25.3. The molecule has 0 aliphatic rings. The van der Waals surface area contributed by atoms with Crippen LogP contribution in [0, 0.1) is 20.4 Å². The number of hydrogen-bond acceptors (Lipinski definition) is 22. The van der Waals surface area contributed by atoms with Crippen molar-refractivity contribution < 1.29 is 35.7 Å². The molecule has 0 bridgehead atoms. The maximum absolute atomic E-state index is 6.83. The number of hydrogen-bond donors (Lipinski definition) is 0. The third-order valence-electron chi connectivity index (χ3n) is 12.8. The van der Waals surface area contributed by atoms with E-state index in [1.54, 1.807) is 55.6 Å². The minimum Gasteiger partial charge on any atom is -0.497 e. The Morgan fingerprint density at radius 3 is 0.991 bits per heavy atom. The van der Waals surface area contributed by atoms with Crippen LogP contribution in [-0.4, -0.2) is 78.5 Å². The number of halogens is 18. The molecule has 7 aromatic carbocycles. The highest BCUT2D eigenvalue weighted by atomic mass is 80.0. The van der Waals surface area contributed by atoms with Crippen molar-refractivity contribution in [3.8, 4) is 85.9 Å². The van der Waals surface area contributed by atoms with E-state index in [4.69, 9.17) is 205 Å². The van der Waals surface area contributed by atoms with E-state index in [0.29, 0.717) is 57.8 Å². The largest absolute Gasteiger partial charge is 0.497 e. The maximum atomic E-state index is 6.83. The van der Waals surface area contributed by atoms with Crippen LogP contribution in [0.25, 0.3) is 85.0 Å². The van der Waals surface area contributed by atoms with Crippen molar-refractivity contribution in [3.63, 3.8) is 0 Å². The van der Waals surface area contributed by atoms with Gasteiger partial charge in [0.2, 0.25) is 55.2 Å². The molecular formula is C67H43Br4Cl14N15O8. The molecule has 0 N–H and O–H groups in total. The van der Waals surface area contributed by atoms with Crippen LogP contribution in [0.15, 0.2) is 219 Å². The zero-order chi connectivity index (χ0) is 78.4. The third-order valence-corrected chi connectivity index (χ3v) is 16.6. The standard InChI is InChI=1S/C10H7Br3N2O.C10H4Cl3N3O.C10H7Cl3N2O2.C10H7Cl3N2O.C9H7BrN2O.C9H5Cl3N2O.C9H6Cl2N2O/c1-6-2-4-7(5-3-6)8-14-15-9(16-8)10(11,12)13;1-14-7-4-2-6(3-5-7)8-15-16-9(17-8)10(11,12)13;1-16-7-4-2-6(3-5-7)8-14-15-9(17-8)10(11,12)13;1-6-3-2-4-7(5-6)8-14-15-9(16-8)10(11,12)13;10-6-8-11-12-9(13-8)7-4-2-1-3-5-7;10-9(11,12)8-14-13-7(15-8)6-4-2-1-3-5-6;10-7(11)9-13-12-8(14-9)6-4-2-1-3-5-6/h2-5H,1H3;2-5H;2-5H,1H3;2-5H,1H3;1-5H,6H2;1-5H;1-5,7H. The summed E-state index contributed by atoms with van der Waals surface area (Å²) in [5.41, 5.74) is 8.46. The van der Waals surface area contributed by atoms with Crippen LogP contribution in [0.3, 0.4) is 0 Å². The number of alkyl halides is 18. The van der Waals surface area contributed by atoms with Crippen molar-refractivity contribution >= 4 is 232 Å². The van der Waals surface area contributed by atoms with Gasteiger partial charge in [-0.1, -0.05) is 293 Å². The number of rotatable bonds is 10. The van der Waals surface area contributed by atoms with Gasteiger partial charge < -0.3 is 35.7 Å². The van der Waals surface area contributed by atoms with Crippen LogP contribution in [0.1, 0.15) is 57.2 Å². The van der Waals surface area contributed by atoms with Gasteiger partial charge in [-0.25, -0.2) is 4.85 Å². The zero-order valence-electron chi connectivity index (χ0n) is 54.5. The Morgan fingerprint density at radius 1 is 0.361 bits per heavy atom. The predicted molar refractivity (Wildman–Crippen MR) is 433 cm³/mol. The van der Waals surface area contributed by atoms with Gasteiger partial charge in [-0.05, 0) is 147 Å². The van der Waals surface area contributed by atoms with Crippen LogP contribution >= 0.6 is 226 Å². The van der Waals surface area contributed by atoms with Gasteiger partial charge in [-0.15, -0.1) is 71.4 Å². The summed E-state index contributed by atoms with van der Waals surface area (Å²) in [6.07, 6.45) is 0. The summed E-state index contributed by atoms with van der Waals surface area (Å²) in [5.74, 6) is 4.42. The van der Waals surface area contributed by atoms with Crippen LogP contribution < -0.4 is 4.74 Å². The van der Waals surface area contributed by atoms with Crippen LogP contribution in [0.4, 0.5) is 5.69 Å². The summed E-state index contributed by atoms with van der Waals surface area (Å²) in [5, 5.41) is 53.6. The first kappa shape index (κ1) is 87.4. The molecule has 560 valence electrons. The molecule has 0 saturated carbocycles. The van der Waals surface area contributed by atoms with Gasteiger partial charge >= 0.3 is 0 Å². The van der Waals surface area contributed by atoms with E-state index in [1.165, 1.54) is 5.56 Å². The monoisotopic (exact) mass is 1990 g/mol. The fraction of sp³-hybridized carbons (Fsp3) is 0.149. The van der Waals surface area contributed by atoms with Crippen molar-refractivity contribution in [2.24, 2.45) is 0 Å². The first-order chi connectivity index (χ1) is 51.2. The van der Waals surface area contributed by atoms with Gasteiger partial charge in [0.25, 0.3) is 44.6 Å². The molecule has 14 aromatic rings. The van der Waals surface area contributed by atoms with Crippen molar-refractivity contribution in [3.05, 3.63) is 252 Å². The van der Waals surface area contributed by atoms with E-state index in [1.807, 2.05) is 153 Å². The summed E-state index contributed by atoms with van der Waals surface area (Å²) in [4.78, 5) is 2.49. The van der Waals surface area contributed by atoms with E-state index >= 15 is 0 Å². The zero-order valence-corrected chi connectivity index (χ0v) is 71.4. The summed E-state index contributed by atoms with van der Waals surface area (Å²) >= 11 is 91.7. The normalized spacial score (nSPS) is 11.3. The lowest BCUT2D eigenvalue weighted by Gasteiger charge is -2.03. The van der Waals surface area contributed by atoms with Gasteiger partial charge in [0, 0.05) is 38.9 Å². The molecule has 0 aliphatic heterocycles. The second-order valence-corrected chi connectivity index (χ2v) is 38.2. The quantitative estimate of drug-likeness (QED) is 0.0908. The van der Waals surface area contributed by atoms with E-state index in [-0.39, 0.29) is 41.2 Å². The number of aromatic nitrogens is 14. The second kappa shape index (κ2) is 40.8. The lowest BCUT2D eigenvalue weighted by molar-refractivity contribution is 0.415. The molecule has 0 atom stereocenters. The highest BCUT2D eigenvalue weighted by Crippen LogP contribution is 2.45. The van der Waals surface area contributed by atoms with Gasteiger partial charge in [0.1, 0.15) is 5.75 Å². The molecule has 14 rings (SSSR count). The SMILES string of the molecule is BrCc1nnc(-c2ccccc2)o1.COc1ccc(-c2nnc(C(Cl)(Cl)Cl)o2)cc1.Cc1ccc(-c2nnc(C(Br)(Br)Br)o2)cc1.Cc1cccc(-c2nnc(C(Cl)(Cl)Cl)o2)c1.ClC(Cl)(Cl)c1nnc(-c2ccccc2)o1.ClC(Cl)c1nnc(-c2ccccc2)o1.[C-]#[N+]c1ccc(-c2nnc(C(Cl)(Cl)Cl)o2)cc1. The van der Waals surface area contributed by atoms with Crippen molar-refractivity contribution in [2.45, 2.75) is 41.3 Å². The molecule has 7 heterocycles. The molecular weight excluding hydrogens is 1960 g/mol. The Hall–Kier alpha value is -6.21. The molecule has 0 unspecified atom stereocenters. The fourth-order valence-corrected chi connectivity index (χ4v) is 9.56. The van der Waals surface area contributed by atoms with Crippen LogP contribution in [0.5, 0.6) is 5.75 Å². The number of aryl methyl sites for hydroxylation is 2. The van der Waals surface area contributed by atoms with Gasteiger partial charge in [0.05, 0.1) is 19.0 Å². The Labute approximate surface area is 717 Å². The summed E-state index contributed by atoms with van der Waals surface area (Å²) in [6.45, 7) is 10.8. The summed E-state index contributed by atoms with van der Waals surface area (Å²) in [6, 6.07) is 57.6. The lowest BCUT2D eigenvalue weighted by Crippen LogP contribution is -1.99. The minimum absolute atomic E-state index is 0.0333.